The minimum absolute atomic E-state index is 0.148. The summed E-state index contributed by atoms with van der Waals surface area (Å²) >= 11 is 0. The number of carbonyl (C=O) groups excluding carboxylic acids is 2. The van der Waals surface area contributed by atoms with Gasteiger partial charge in [-0.05, 0) is 37.0 Å². The second-order valence-corrected chi connectivity index (χ2v) is 8.02. The Morgan fingerprint density at radius 1 is 1.23 bits per heavy atom. The molecular weight excluding hydrogens is 461 g/mol. The summed E-state index contributed by atoms with van der Waals surface area (Å²) < 4.78 is 18.3. The summed E-state index contributed by atoms with van der Waals surface area (Å²) in [5.74, 6) is 0.327. The molecule has 0 aliphatic carbocycles. The van der Waals surface area contributed by atoms with Gasteiger partial charge in [0.25, 0.3) is 5.69 Å². The number of non-ortho nitro benzene ring substituents is 1. The van der Waals surface area contributed by atoms with Crippen molar-refractivity contribution in [1.82, 2.24) is 25.3 Å². The van der Waals surface area contributed by atoms with Gasteiger partial charge in [-0.25, -0.2) is 14.2 Å². The number of nitrogens with zero attached hydrogens (tertiary/aromatic N) is 5. The smallest absolute Gasteiger partial charge is 0.319 e. The summed E-state index contributed by atoms with van der Waals surface area (Å²) in [7, 11) is 0. The van der Waals surface area contributed by atoms with Gasteiger partial charge in [-0.15, -0.1) is 0 Å². The lowest BCUT2D eigenvalue weighted by Crippen LogP contribution is -2.45. The normalized spacial score (nSPS) is 13.9. The molecule has 1 aliphatic rings. The van der Waals surface area contributed by atoms with Crippen LogP contribution in [0.3, 0.4) is 0 Å². The van der Waals surface area contributed by atoms with Crippen molar-refractivity contribution >= 4 is 23.3 Å². The van der Waals surface area contributed by atoms with E-state index in [9.17, 15) is 24.1 Å². The van der Waals surface area contributed by atoms with E-state index in [2.05, 4.69) is 25.8 Å². The molecule has 0 spiro atoms. The number of amides is 3. The van der Waals surface area contributed by atoms with E-state index in [0.29, 0.717) is 36.9 Å². The highest BCUT2D eigenvalue weighted by molar-refractivity contribution is 5.92. The lowest BCUT2D eigenvalue weighted by Gasteiger charge is -2.31. The Kier molecular flexibility index (Phi) is 7.24. The predicted octanol–water partition coefficient (Wildman–Crippen LogP) is 2.78. The number of anilines is 1. The minimum atomic E-state index is -0.628. The van der Waals surface area contributed by atoms with Gasteiger partial charge in [0.1, 0.15) is 11.5 Å². The Hall–Kier alpha value is -4.42. The zero-order valence-corrected chi connectivity index (χ0v) is 18.5. The van der Waals surface area contributed by atoms with Crippen molar-refractivity contribution in [3.8, 4) is 11.5 Å². The van der Waals surface area contributed by atoms with Crippen LogP contribution >= 0.6 is 0 Å². The van der Waals surface area contributed by atoms with E-state index < -0.39 is 16.8 Å². The second kappa shape index (κ2) is 10.7. The molecule has 1 fully saturated rings. The molecule has 182 valence electrons. The first-order valence-electron chi connectivity index (χ1n) is 10.9. The van der Waals surface area contributed by atoms with Gasteiger partial charge >= 0.3 is 6.03 Å². The molecule has 2 N–H and O–H groups in total. The number of piperidine rings is 1. The maximum Gasteiger partial charge on any atom is 0.319 e. The third-order valence-electron chi connectivity index (χ3n) is 5.57. The summed E-state index contributed by atoms with van der Waals surface area (Å²) in [6.45, 7) is 0.861. The van der Waals surface area contributed by atoms with Crippen molar-refractivity contribution in [3.63, 3.8) is 0 Å². The number of pyridine rings is 1. The standard InChI is InChI=1S/C22H22FN7O5/c23-15-4-5-18(24-12-15)21-27-19(35-28-21)10-14-6-8-29(9-7-14)20(31)13-25-22(32)26-16-2-1-3-17(11-16)30(33)34/h1-5,11-12,14H,6-10,13H2,(H2,25,26,32). The summed E-state index contributed by atoms with van der Waals surface area (Å²) in [5.41, 5.74) is 0.527. The van der Waals surface area contributed by atoms with Crippen molar-refractivity contribution in [2.24, 2.45) is 5.92 Å². The fraction of sp³-hybridized carbons (Fsp3) is 0.318. The molecule has 4 rings (SSSR count). The fourth-order valence-corrected chi connectivity index (χ4v) is 3.72. The SMILES string of the molecule is O=C(NCC(=O)N1CCC(Cc2nc(-c3ccc(F)cn3)no2)CC1)Nc1cccc([N+](=O)[O-])c1. The average Bonchev–Trinajstić information content (AvgIpc) is 3.32. The topological polar surface area (TPSA) is 156 Å². The summed E-state index contributed by atoms with van der Waals surface area (Å²) in [6.07, 6.45) is 3.11. The number of urea groups is 1. The van der Waals surface area contributed by atoms with Gasteiger partial charge in [-0.3, -0.25) is 14.9 Å². The van der Waals surface area contributed by atoms with Gasteiger partial charge in [-0.2, -0.15) is 4.98 Å². The van der Waals surface area contributed by atoms with E-state index in [0.717, 1.165) is 19.0 Å². The number of nitro groups is 1. The molecule has 3 amide bonds. The first-order valence-corrected chi connectivity index (χ1v) is 10.9. The van der Waals surface area contributed by atoms with Crippen LogP contribution in [0.25, 0.3) is 11.5 Å². The van der Waals surface area contributed by atoms with Gasteiger partial charge in [-0.1, -0.05) is 11.2 Å². The predicted molar refractivity (Wildman–Crippen MR) is 121 cm³/mol. The van der Waals surface area contributed by atoms with Crippen molar-refractivity contribution < 1.29 is 23.4 Å². The molecule has 1 aromatic carbocycles. The Balaban J connectivity index is 1.20. The molecule has 0 saturated carbocycles. The van der Waals surface area contributed by atoms with Crippen LogP contribution in [0.15, 0.2) is 47.1 Å². The molecule has 12 nitrogen and oxygen atoms in total. The number of halogens is 1. The number of hydrogen-bond acceptors (Lipinski definition) is 8. The van der Waals surface area contributed by atoms with E-state index in [1.54, 1.807) is 4.90 Å². The van der Waals surface area contributed by atoms with Crippen LogP contribution in [0.4, 0.5) is 20.6 Å². The van der Waals surface area contributed by atoms with Crippen LogP contribution in [-0.2, 0) is 11.2 Å². The number of likely N-dealkylation sites (tertiary alicyclic amines) is 1. The highest BCUT2D eigenvalue weighted by atomic mass is 19.1. The van der Waals surface area contributed by atoms with Gasteiger partial charge < -0.3 is 20.1 Å². The number of hydrogen-bond donors (Lipinski definition) is 2. The number of nitro benzene ring substituents is 1. The van der Waals surface area contributed by atoms with Gasteiger partial charge in [0.05, 0.1) is 17.7 Å². The molecule has 2 aromatic heterocycles. The first kappa shape index (κ1) is 23.7. The number of carbonyl (C=O) groups is 2. The van der Waals surface area contributed by atoms with Crippen molar-refractivity contribution in [3.05, 3.63) is 64.4 Å². The minimum Gasteiger partial charge on any atom is -0.341 e. The molecule has 0 bridgehead atoms. The third kappa shape index (κ3) is 6.34. The third-order valence-corrected chi connectivity index (χ3v) is 5.57. The molecule has 1 saturated heterocycles. The van der Waals surface area contributed by atoms with Crippen LogP contribution in [0, 0.1) is 21.8 Å². The maximum absolute atomic E-state index is 13.0. The van der Waals surface area contributed by atoms with E-state index in [4.69, 9.17) is 4.52 Å². The molecule has 0 unspecified atom stereocenters. The molecule has 13 heteroatoms. The summed E-state index contributed by atoms with van der Waals surface area (Å²) in [5, 5.41) is 19.7. The summed E-state index contributed by atoms with van der Waals surface area (Å²) in [4.78, 5) is 44.7. The van der Waals surface area contributed by atoms with Gasteiger partial charge in [0.15, 0.2) is 0 Å². The molecule has 0 radical (unpaired) electrons. The van der Waals surface area contributed by atoms with E-state index >= 15 is 0 Å². The lowest BCUT2D eigenvalue weighted by atomic mass is 9.93. The van der Waals surface area contributed by atoms with Crippen molar-refractivity contribution in [1.29, 1.82) is 0 Å². The number of nitrogens with one attached hydrogen (secondary N) is 2. The Morgan fingerprint density at radius 3 is 2.74 bits per heavy atom. The average molecular weight is 483 g/mol. The van der Waals surface area contributed by atoms with Crippen LogP contribution in [0.5, 0.6) is 0 Å². The zero-order chi connectivity index (χ0) is 24.8. The molecule has 3 heterocycles. The number of benzene rings is 1. The largest absolute Gasteiger partial charge is 0.341 e. The molecule has 35 heavy (non-hydrogen) atoms. The molecule has 1 aliphatic heterocycles. The van der Waals surface area contributed by atoms with Crippen LogP contribution in [0.1, 0.15) is 18.7 Å². The lowest BCUT2D eigenvalue weighted by molar-refractivity contribution is -0.384. The van der Waals surface area contributed by atoms with Gasteiger partial charge in [0, 0.05) is 37.3 Å². The molecule has 0 atom stereocenters. The Morgan fingerprint density at radius 2 is 2.03 bits per heavy atom. The second-order valence-electron chi connectivity index (χ2n) is 8.02. The van der Waals surface area contributed by atoms with Crippen molar-refractivity contribution in [2.45, 2.75) is 19.3 Å². The highest BCUT2D eigenvalue weighted by Gasteiger charge is 2.25. The fourth-order valence-electron chi connectivity index (χ4n) is 3.72. The Labute approximate surface area is 198 Å². The van der Waals surface area contributed by atoms with Crippen LogP contribution in [-0.4, -0.2) is 56.5 Å². The maximum atomic E-state index is 13.0. The summed E-state index contributed by atoms with van der Waals surface area (Å²) in [6, 6.07) is 7.64. The van der Waals surface area contributed by atoms with E-state index in [1.165, 1.54) is 36.4 Å². The number of aromatic nitrogens is 3. The monoisotopic (exact) mass is 483 g/mol. The molecular formula is C22H22FN7O5. The Bertz CT molecular complexity index is 1210. The zero-order valence-electron chi connectivity index (χ0n) is 18.5. The van der Waals surface area contributed by atoms with Crippen LogP contribution < -0.4 is 10.6 Å². The van der Waals surface area contributed by atoms with Crippen LogP contribution in [0.2, 0.25) is 0 Å². The van der Waals surface area contributed by atoms with Crippen molar-refractivity contribution in [2.75, 3.05) is 25.0 Å². The molecule has 3 aromatic rings. The van der Waals surface area contributed by atoms with E-state index in [1.807, 2.05) is 0 Å². The quantitative estimate of drug-likeness (QED) is 0.384. The first-order chi connectivity index (χ1) is 16.9. The number of rotatable bonds is 7. The van der Waals surface area contributed by atoms with E-state index in [-0.39, 0.29) is 29.7 Å². The van der Waals surface area contributed by atoms with Gasteiger partial charge in [0.2, 0.25) is 17.6 Å². The highest BCUT2D eigenvalue weighted by Crippen LogP contribution is 2.22.